The number of halogens is 2. The van der Waals surface area contributed by atoms with Gasteiger partial charge in [-0.25, -0.2) is 0 Å². The Hall–Kier alpha value is -2.09. The third-order valence-electron chi connectivity index (χ3n) is 4.49. The van der Waals surface area contributed by atoms with Crippen LogP contribution in [0.2, 0.25) is 0 Å². The van der Waals surface area contributed by atoms with Crippen LogP contribution in [0.4, 0.5) is 5.69 Å². The molecular formula is C23H24Cl2FeN3O3S. The maximum absolute atomic E-state index is 12.2. The summed E-state index contributed by atoms with van der Waals surface area (Å²) in [6.45, 7) is 9.59. The number of hydrogen-bond acceptors (Lipinski definition) is 4. The molecule has 0 spiro atoms. The minimum atomic E-state index is -4.14. The molecule has 0 aliphatic carbocycles. The molecule has 1 aromatic heterocycles. The quantitative estimate of drug-likeness (QED) is 0.270. The molecule has 0 fully saturated rings. The molecule has 0 amide bonds. The predicted molar refractivity (Wildman–Crippen MR) is 132 cm³/mol. The van der Waals surface area contributed by atoms with E-state index in [1.165, 1.54) is 5.56 Å². The van der Waals surface area contributed by atoms with Crippen LogP contribution < -0.4 is 9.17 Å². The molecule has 3 rings (SSSR count). The monoisotopic (exact) mass is 548 g/mol. The molecule has 0 aliphatic heterocycles. The molecule has 0 bridgehead atoms. The van der Waals surface area contributed by atoms with Crippen molar-refractivity contribution in [1.29, 1.82) is 0 Å². The first kappa shape index (κ1) is 27.2. The van der Waals surface area contributed by atoms with Gasteiger partial charge in [-0.05, 0) is 57.9 Å². The van der Waals surface area contributed by atoms with Crippen molar-refractivity contribution in [2.45, 2.75) is 34.6 Å². The van der Waals surface area contributed by atoms with Crippen LogP contribution in [-0.2, 0) is 23.4 Å². The van der Waals surface area contributed by atoms with Crippen LogP contribution in [0.3, 0.4) is 0 Å². The SMILES string of the molecule is CC(=Nc1c(C)cc(C)cc1C)c1ccc(/C(C)=N/S(=O)(=O)Oc2ccccc2)[n-]1.[Cl][Fe+][Cl]. The number of nitrogens with zero attached hydrogens (tertiary/aromatic N) is 3. The van der Waals surface area contributed by atoms with Crippen LogP contribution in [0.15, 0.2) is 64.0 Å². The fourth-order valence-electron chi connectivity index (χ4n) is 3.17. The summed E-state index contributed by atoms with van der Waals surface area (Å²) in [6.07, 6.45) is 0. The molecule has 3 aromatic rings. The van der Waals surface area contributed by atoms with E-state index in [-0.39, 0.29) is 24.6 Å². The summed E-state index contributed by atoms with van der Waals surface area (Å²) in [4.78, 5) is 9.24. The van der Waals surface area contributed by atoms with Gasteiger partial charge in [0.25, 0.3) is 0 Å². The number of aromatic nitrogens is 1. The molecule has 177 valence electrons. The van der Waals surface area contributed by atoms with Gasteiger partial charge in [-0.15, -0.1) is 15.8 Å². The predicted octanol–water partition coefficient (Wildman–Crippen LogP) is 6.22. The number of hydrogen-bond donors (Lipinski definition) is 0. The van der Waals surface area contributed by atoms with Gasteiger partial charge in [0, 0.05) is 11.4 Å². The second kappa shape index (κ2) is 12.4. The summed E-state index contributed by atoms with van der Waals surface area (Å²) in [6, 6.07) is 16.0. The number of benzene rings is 2. The van der Waals surface area contributed by atoms with E-state index in [4.69, 9.17) is 29.4 Å². The Morgan fingerprint density at radius 3 is 1.97 bits per heavy atom. The Morgan fingerprint density at radius 2 is 1.42 bits per heavy atom. The Balaban J connectivity index is 0.00000122. The van der Waals surface area contributed by atoms with Crippen molar-refractivity contribution >= 4 is 47.6 Å². The fourth-order valence-corrected chi connectivity index (χ4v) is 3.99. The van der Waals surface area contributed by atoms with E-state index in [1.807, 2.05) is 20.8 Å². The molecule has 0 atom stereocenters. The van der Waals surface area contributed by atoms with E-state index >= 15 is 0 Å². The molecule has 0 aliphatic rings. The minimum absolute atomic E-state index is 0.194. The van der Waals surface area contributed by atoms with Crippen molar-refractivity contribution in [1.82, 2.24) is 4.98 Å². The van der Waals surface area contributed by atoms with Crippen molar-refractivity contribution in [3.8, 4) is 5.75 Å². The Bertz CT molecular complexity index is 1230. The third kappa shape index (κ3) is 8.32. The molecule has 0 saturated heterocycles. The molecule has 0 N–H and O–H groups in total. The topological polar surface area (TPSA) is 82.2 Å². The van der Waals surface area contributed by atoms with Crippen molar-refractivity contribution in [3.63, 3.8) is 0 Å². The van der Waals surface area contributed by atoms with E-state index in [0.29, 0.717) is 11.4 Å². The molecule has 6 nitrogen and oxygen atoms in total. The van der Waals surface area contributed by atoms with Gasteiger partial charge >= 0.3 is 43.6 Å². The number of para-hydroxylation sites is 1. The zero-order valence-corrected chi connectivity index (χ0v) is 22.2. The van der Waals surface area contributed by atoms with E-state index in [1.54, 1.807) is 49.4 Å². The average molecular weight is 549 g/mol. The molecule has 2 aromatic carbocycles. The Morgan fingerprint density at radius 1 is 0.909 bits per heavy atom. The second-order valence-electron chi connectivity index (χ2n) is 7.21. The van der Waals surface area contributed by atoms with E-state index in [2.05, 4.69) is 28.4 Å². The summed E-state index contributed by atoms with van der Waals surface area (Å²) in [7, 11) is 5.39. The second-order valence-corrected chi connectivity index (χ2v) is 10.2. The summed E-state index contributed by atoms with van der Waals surface area (Å²) in [5.74, 6) is 0.206. The van der Waals surface area contributed by atoms with Crippen LogP contribution in [0, 0.1) is 20.8 Å². The number of aliphatic imine (C=N–C) groups is 1. The first-order valence-corrected chi connectivity index (χ1v) is 14.2. The van der Waals surface area contributed by atoms with Gasteiger partial charge in [-0.1, -0.05) is 48.0 Å². The third-order valence-corrected chi connectivity index (χ3v) is 5.39. The van der Waals surface area contributed by atoms with Crippen molar-refractivity contribution in [2.24, 2.45) is 9.39 Å². The molecule has 0 saturated carbocycles. The normalized spacial score (nSPS) is 12.2. The Labute approximate surface area is 210 Å². The maximum atomic E-state index is 12.2. The first-order chi connectivity index (χ1) is 15.6. The van der Waals surface area contributed by atoms with Crippen molar-refractivity contribution in [2.75, 3.05) is 0 Å². The zero-order chi connectivity index (χ0) is 24.6. The van der Waals surface area contributed by atoms with Gasteiger partial charge in [-0.2, -0.15) is 8.42 Å². The van der Waals surface area contributed by atoms with Crippen molar-refractivity contribution < 1.29 is 25.7 Å². The molecule has 33 heavy (non-hydrogen) atoms. The first-order valence-electron chi connectivity index (χ1n) is 9.75. The number of rotatable bonds is 6. The van der Waals surface area contributed by atoms with Gasteiger partial charge in [0.15, 0.2) is 0 Å². The van der Waals surface area contributed by atoms with E-state index in [9.17, 15) is 8.42 Å². The summed E-state index contributed by atoms with van der Waals surface area (Å²) in [5.41, 5.74) is 6.42. The molecule has 0 radical (unpaired) electrons. The zero-order valence-electron chi connectivity index (χ0n) is 18.8. The van der Waals surface area contributed by atoms with Crippen LogP contribution >= 0.6 is 20.2 Å². The van der Waals surface area contributed by atoms with Gasteiger partial charge in [0.2, 0.25) is 0 Å². The van der Waals surface area contributed by atoms with Gasteiger partial charge in [0.05, 0.1) is 5.69 Å². The van der Waals surface area contributed by atoms with Gasteiger partial charge in [0.1, 0.15) is 5.75 Å². The van der Waals surface area contributed by atoms with Crippen LogP contribution in [0.1, 0.15) is 41.9 Å². The summed E-state index contributed by atoms with van der Waals surface area (Å²) >= 11 is 0.194. The molecule has 1 heterocycles. The Kier molecular flexibility index (Phi) is 10.2. The van der Waals surface area contributed by atoms with Gasteiger partial charge in [-0.3, -0.25) is 4.99 Å². The van der Waals surface area contributed by atoms with Crippen LogP contribution in [0.5, 0.6) is 5.75 Å². The van der Waals surface area contributed by atoms with Crippen LogP contribution in [-0.4, -0.2) is 19.8 Å². The summed E-state index contributed by atoms with van der Waals surface area (Å²) < 4.78 is 33.1. The van der Waals surface area contributed by atoms with E-state index < -0.39 is 10.3 Å². The molecular weight excluding hydrogens is 525 g/mol. The standard InChI is InChI=1S/C23H24N3O3S.2ClH.Fe/c1-15-13-16(2)23(17(3)14-15)24-18(4)21-11-12-22(25-21)19(5)26-30(27,28)29-20-9-7-6-8-10-20;;;/h6-14H,1-5H3;2*1H;/q-1;;;+3/p-2/b24-18?,26-19+;;;. The molecule has 0 unspecified atom stereocenters. The fraction of sp³-hybridized carbons (Fsp3) is 0.217. The van der Waals surface area contributed by atoms with Crippen molar-refractivity contribution in [3.05, 3.63) is 82.7 Å². The molecule has 10 heteroatoms. The van der Waals surface area contributed by atoms with E-state index in [0.717, 1.165) is 22.5 Å². The average Bonchev–Trinajstić information content (AvgIpc) is 3.22. The number of aryl methyl sites for hydroxylation is 3. The summed E-state index contributed by atoms with van der Waals surface area (Å²) in [5, 5.41) is 0. The van der Waals surface area contributed by atoms with Gasteiger partial charge < -0.3 is 9.17 Å². The van der Waals surface area contributed by atoms with Crippen LogP contribution in [0.25, 0.3) is 0 Å².